The molecule has 2 aromatic rings. The van der Waals surface area contributed by atoms with Crippen LogP contribution in [0.4, 0.5) is 0 Å². The molecule has 1 N–H and O–H groups in total. The molecule has 2 aromatic heterocycles. The topological polar surface area (TPSA) is 63.6 Å². The maximum absolute atomic E-state index is 4.52. The van der Waals surface area contributed by atoms with Crippen molar-refractivity contribution in [2.24, 2.45) is 5.92 Å². The van der Waals surface area contributed by atoms with Crippen LogP contribution < -0.4 is 5.32 Å². The van der Waals surface area contributed by atoms with Crippen LogP contribution in [-0.2, 0) is 6.54 Å². The summed E-state index contributed by atoms with van der Waals surface area (Å²) < 4.78 is 0. The molecule has 0 unspecified atom stereocenters. The lowest BCUT2D eigenvalue weighted by Gasteiger charge is -2.07. The number of nitrogens with one attached hydrogen (secondary N) is 1. The van der Waals surface area contributed by atoms with Crippen LogP contribution in [-0.4, -0.2) is 26.5 Å². The molecule has 5 nitrogen and oxygen atoms in total. The Morgan fingerprint density at radius 1 is 1.11 bits per heavy atom. The number of aromatic nitrogens is 4. The Bertz CT molecular complexity index is 539. The molecule has 0 spiro atoms. The maximum Gasteiger partial charge on any atom is 0.178 e. The number of rotatable bonds is 5. The van der Waals surface area contributed by atoms with E-state index in [1.807, 2.05) is 19.1 Å². The summed E-state index contributed by atoms with van der Waals surface area (Å²) in [5.74, 6) is 2.00. The summed E-state index contributed by atoms with van der Waals surface area (Å²) in [6, 6.07) is 3.75. The molecule has 0 aliphatic heterocycles. The van der Waals surface area contributed by atoms with Gasteiger partial charge in [0.2, 0.25) is 0 Å². The van der Waals surface area contributed by atoms with E-state index in [9.17, 15) is 0 Å². The molecule has 0 saturated carbocycles. The Kier molecular flexibility index (Phi) is 4.52. The van der Waals surface area contributed by atoms with Gasteiger partial charge in [-0.2, -0.15) is 0 Å². The predicted molar refractivity (Wildman–Crippen MR) is 74.3 cm³/mol. The molecule has 100 valence electrons. The fourth-order valence-corrected chi connectivity index (χ4v) is 1.69. The third-order valence-corrected chi connectivity index (χ3v) is 2.58. The van der Waals surface area contributed by atoms with Gasteiger partial charge in [-0.05, 0) is 31.5 Å². The highest BCUT2D eigenvalue weighted by Crippen LogP contribution is 2.10. The van der Waals surface area contributed by atoms with Gasteiger partial charge >= 0.3 is 0 Å². The second kappa shape index (κ2) is 6.33. The highest BCUT2D eigenvalue weighted by atomic mass is 15.0. The van der Waals surface area contributed by atoms with Crippen LogP contribution in [0.5, 0.6) is 0 Å². The molecule has 2 rings (SSSR count). The van der Waals surface area contributed by atoms with Crippen LogP contribution in [0.15, 0.2) is 24.5 Å². The highest BCUT2D eigenvalue weighted by Gasteiger charge is 2.05. The van der Waals surface area contributed by atoms with Crippen molar-refractivity contribution in [3.05, 3.63) is 36.0 Å². The summed E-state index contributed by atoms with van der Waals surface area (Å²) >= 11 is 0. The lowest BCUT2D eigenvalue weighted by Crippen LogP contribution is -2.19. The van der Waals surface area contributed by atoms with E-state index < -0.39 is 0 Å². The summed E-state index contributed by atoms with van der Waals surface area (Å²) in [6.45, 7) is 7.95. The normalized spacial score (nSPS) is 10.9. The van der Waals surface area contributed by atoms with Gasteiger partial charge in [0.05, 0.1) is 5.69 Å². The molecule has 0 atom stereocenters. The van der Waals surface area contributed by atoms with Crippen LogP contribution >= 0.6 is 0 Å². The fraction of sp³-hybridized carbons (Fsp3) is 0.429. The average molecular weight is 257 g/mol. The molecule has 0 bridgehead atoms. The summed E-state index contributed by atoms with van der Waals surface area (Å²) in [4.78, 5) is 17.2. The molecule has 0 fully saturated rings. The van der Waals surface area contributed by atoms with Crippen molar-refractivity contribution in [1.82, 2.24) is 25.3 Å². The minimum atomic E-state index is 0.630. The molecule has 0 aliphatic carbocycles. The van der Waals surface area contributed by atoms with Gasteiger partial charge in [0.1, 0.15) is 11.5 Å². The monoisotopic (exact) mass is 257 g/mol. The molecule has 0 aromatic carbocycles. The van der Waals surface area contributed by atoms with Crippen LogP contribution in [0.3, 0.4) is 0 Å². The second-order valence-electron chi connectivity index (χ2n) is 4.89. The van der Waals surface area contributed by atoms with Crippen molar-refractivity contribution >= 4 is 0 Å². The van der Waals surface area contributed by atoms with Gasteiger partial charge in [-0.15, -0.1) is 0 Å². The Morgan fingerprint density at radius 3 is 2.63 bits per heavy atom. The largest absolute Gasteiger partial charge is 0.311 e. The Hall–Kier alpha value is -1.88. The van der Waals surface area contributed by atoms with Crippen molar-refractivity contribution in [3.8, 4) is 11.5 Å². The van der Waals surface area contributed by atoms with E-state index in [1.54, 1.807) is 12.4 Å². The summed E-state index contributed by atoms with van der Waals surface area (Å²) in [6.07, 6.45) is 3.50. The Balaban J connectivity index is 2.11. The number of hydrogen-bond donors (Lipinski definition) is 1. The highest BCUT2D eigenvalue weighted by molar-refractivity contribution is 5.47. The van der Waals surface area contributed by atoms with Crippen LogP contribution in [0, 0.1) is 12.8 Å². The zero-order chi connectivity index (χ0) is 13.7. The quantitative estimate of drug-likeness (QED) is 0.887. The molecule has 5 heteroatoms. The van der Waals surface area contributed by atoms with Gasteiger partial charge < -0.3 is 5.32 Å². The second-order valence-corrected chi connectivity index (χ2v) is 4.89. The Labute approximate surface area is 113 Å². The number of nitrogens with zero attached hydrogens (tertiary/aromatic N) is 4. The molecule has 0 radical (unpaired) electrons. The van der Waals surface area contributed by atoms with Crippen LogP contribution in [0.25, 0.3) is 11.5 Å². The lowest BCUT2D eigenvalue weighted by molar-refractivity contribution is 0.548. The molecule has 2 heterocycles. The third kappa shape index (κ3) is 4.06. The van der Waals surface area contributed by atoms with E-state index in [4.69, 9.17) is 0 Å². The van der Waals surface area contributed by atoms with E-state index in [-0.39, 0.29) is 0 Å². The van der Waals surface area contributed by atoms with Crippen molar-refractivity contribution in [1.29, 1.82) is 0 Å². The minimum absolute atomic E-state index is 0.630. The average Bonchev–Trinajstić information content (AvgIpc) is 2.39. The molecular formula is C14H19N5. The summed E-state index contributed by atoms with van der Waals surface area (Å²) in [7, 11) is 0. The first-order chi connectivity index (χ1) is 9.15. The molecule has 0 saturated heterocycles. The first kappa shape index (κ1) is 13.5. The molecular weight excluding hydrogens is 238 g/mol. The van der Waals surface area contributed by atoms with E-state index in [0.717, 1.165) is 30.3 Å². The van der Waals surface area contributed by atoms with Crippen molar-refractivity contribution in [3.63, 3.8) is 0 Å². The van der Waals surface area contributed by atoms with E-state index in [0.29, 0.717) is 11.7 Å². The van der Waals surface area contributed by atoms with Crippen molar-refractivity contribution in [2.45, 2.75) is 27.3 Å². The minimum Gasteiger partial charge on any atom is -0.311 e. The number of aryl methyl sites for hydroxylation is 1. The van der Waals surface area contributed by atoms with Gasteiger partial charge in [-0.3, -0.25) is 0 Å². The van der Waals surface area contributed by atoms with E-state index in [1.165, 1.54) is 0 Å². The Morgan fingerprint density at radius 2 is 1.89 bits per heavy atom. The van der Waals surface area contributed by atoms with Gasteiger partial charge in [0, 0.05) is 18.9 Å². The molecule has 0 aliphatic rings. The zero-order valence-electron chi connectivity index (χ0n) is 11.6. The van der Waals surface area contributed by atoms with Crippen molar-refractivity contribution < 1.29 is 0 Å². The summed E-state index contributed by atoms with van der Waals surface area (Å²) in [5.41, 5.74) is 1.74. The standard InChI is InChI=1S/C14H19N5/c1-10(2)8-15-9-12-4-6-17-14(19-12)13-5-7-16-11(3)18-13/h4-7,10,15H,8-9H2,1-3H3. The molecule has 0 amide bonds. The molecule has 19 heavy (non-hydrogen) atoms. The van der Waals surface area contributed by atoms with Gasteiger partial charge in [-0.1, -0.05) is 13.8 Å². The zero-order valence-corrected chi connectivity index (χ0v) is 11.6. The van der Waals surface area contributed by atoms with Crippen LogP contribution in [0.2, 0.25) is 0 Å². The predicted octanol–water partition coefficient (Wildman–Crippen LogP) is 1.99. The number of hydrogen-bond acceptors (Lipinski definition) is 5. The maximum atomic E-state index is 4.52. The van der Waals surface area contributed by atoms with Gasteiger partial charge in [0.15, 0.2) is 5.82 Å². The first-order valence-electron chi connectivity index (χ1n) is 6.48. The fourth-order valence-electron chi connectivity index (χ4n) is 1.69. The SMILES string of the molecule is Cc1nccc(-c2nccc(CNCC(C)C)n2)n1. The third-order valence-electron chi connectivity index (χ3n) is 2.58. The van der Waals surface area contributed by atoms with Gasteiger partial charge in [0.25, 0.3) is 0 Å². The van der Waals surface area contributed by atoms with E-state index in [2.05, 4.69) is 39.1 Å². The van der Waals surface area contributed by atoms with Crippen LogP contribution in [0.1, 0.15) is 25.4 Å². The summed E-state index contributed by atoms with van der Waals surface area (Å²) in [5, 5.41) is 3.37. The first-order valence-corrected chi connectivity index (χ1v) is 6.48. The lowest BCUT2D eigenvalue weighted by atomic mass is 10.2. The van der Waals surface area contributed by atoms with Gasteiger partial charge in [-0.25, -0.2) is 19.9 Å². The van der Waals surface area contributed by atoms with E-state index >= 15 is 0 Å². The smallest absolute Gasteiger partial charge is 0.178 e. The van der Waals surface area contributed by atoms with Crippen molar-refractivity contribution in [2.75, 3.05) is 6.54 Å².